The Morgan fingerprint density at radius 3 is 2.48 bits per heavy atom. The first-order valence-electron chi connectivity index (χ1n) is 15.5. The van der Waals surface area contributed by atoms with E-state index in [1.807, 2.05) is 0 Å². The van der Waals surface area contributed by atoms with E-state index in [1.165, 1.54) is 13.0 Å². The average molecular weight is 595 g/mol. The van der Waals surface area contributed by atoms with E-state index in [0.717, 1.165) is 44.1 Å². The van der Waals surface area contributed by atoms with E-state index in [-0.39, 0.29) is 35.9 Å². The zero-order chi connectivity index (χ0) is 30.2. The summed E-state index contributed by atoms with van der Waals surface area (Å²) in [7, 11) is 0. The van der Waals surface area contributed by atoms with Crippen LogP contribution in [-0.4, -0.2) is 99.2 Å². The van der Waals surface area contributed by atoms with Gasteiger partial charge in [0.25, 0.3) is 0 Å². The Hall–Kier alpha value is -1.60. The van der Waals surface area contributed by atoms with Gasteiger partial charge >= 0.3 is 11.9 Å². The van der Waals surface area contributed by atoms with Gasteiger partial charge in [-0.15, -0.1) is 0 Å². The van der Waals surface area contributed by atoms with Gasteiger partial charge < -0.3 is 44.5 Å². The topological polar surface area (TPSA) is 172 Å². The molecule has 11 nitrogen and oxygen atoms in total. The Morgan fingerprint density at radius 2 is 1.81 bits per heavy atom. The summed E-state index contributed by atoms with van der Waals surface area (Å²) in [5, 5.41) is 53.0. The molecule has 5 fully saturated rings. The van der Waals surface area contributed by atoms with Gasteiger partial charge in [0.15, 0.2) is 6.29 Å². The second-order valence-corrected chi connectivity index (χ2v) is 14.3. The van der Waals surface area contributed by atoms with Crippen molar-refractivity contribution in [2.75, 3.05) is 13.2 Å². The Kier molecular flexibility index (Phi) is 7.81. The maximum absolute atomic E-state index is 12.7. The molecule has 0 spiro atoms. The Morgan fingerprint density at radius 1 is 1.05 bits per heavy atom. The monoisotopic (exact) mass is 594 g/mol. The first-order chi connectivity index (χ1) is 19.8. The summed E-state index contributed by atoms with van der Waals surface area (Å²) in [6, 6.07) is 0. The van der Waals surface area contributed by atoms with Crippen LogP contribution >= 0.6 is 0 Å². The lowest BCUT2D eigenvalue weighted by molar-refractivity contribution is -0.317. The fourth-order valence-electron chi connectivity index (χ4n) is 10.2. The fraction of sp³-hybridized carbons (Fsp3) is 0.871. The molecule has 0 bridgehead atoms. The minimum Gasteiger partial charge on any atom is -0.462 e. The van der Waals surface area contributed by atoms with Crippen molar-refractivity contribution >= 4 is 11.9 Å². The van der Waals surface area contributed by atoms with E-state index in [0.29, 0.717) is 18.8 Å². The molecule has 42 heavy (non-hydrogen) atoms. The molecule has 1 saturated heterocycles. The number of carbonyl (C=O) groups is 2. The number of aliphatic hydroxyl groups is 5. The zero-order valence-corrected chi connectivity index (χ0v) is 24.7. The van der Waals surface area contributed by atoms with Gasteiger partial charge in [-0.25, -0.2) is 4.79 Å². The van der Waals surface area contributed by atoms with Crippen molar-refractivity contribution in [1.82, 2.24) is 0 Å². The summed E-state index contributed by atoms with van der Waals surface area (Å²) >= 11 is 0. The average Bonchev–Trinajstić information content (AvgIpc) is 3.45. The third-order valence-electron chi connectivity index (χ3n) is 12.4. The van der Waals surface area contributed by atoms with Crippen LogP contribution in [0.2, 0.25) is 0 Å². The van der Waals surface area contributed by atoms with Crippen LogP contribution in [0.5, 0.6) is 0 Å². The lowest BCUT2D eigenvalue weighted by Gasteiger charge is -2.63. The van der Waals surface area contributed by atoms with Gasteiger partial charge in [-0.3, -0.25) is 4.79 Å². The number of hydrogen-bond donors (Lipinski definition) is 5. The molecule has 14 atom stereocenters. The largest absolute Gasteiger partial charge is 0.462 e. The number of fused-ring (bicyclic) bond motifs is 5. The predicted octanol–water partition coefficient (Wildman–Crippen LogP) is 0.970. The first-order valence-corrected chi connectivity index (χ1v) is 15.5. The quantitative estimate of drug-likeness (QED) is 0.227. The highest BCUT2D eigenvalue weighted by atomic mass is 16.7. The van der Waals surface area contributed by atoms with E-state index < -0.39 is 66.4 Å². The smallest absolute Gasteiger partial charge is 0.331 e. The van der Waals surface area contributed by atoms with Crippen LogP contribution in [-0.2, 0) is 28.5 Å². The molecule has 5 N–H and O–H groups in total. The summed E-state index contributed by atoms with van der Waals surface area (Å²) in [6.45, 7) is 5.47. The van der Waals surface area contributed by atoms with Crippen LogP contribution in [0.1, 0.15) is 72.1 Å². The molecule has 2 aliphatic heterocycles. The van der Waals surface area contributed by atoms with Crippen LogP contribution in [0, 0.1) is 34.5 Å². The molecule has 0 aromatic carbocycles. The van der Waals surface area contributed by atoms with Crippen molar-refractivity contribution in [2.45, 2.75) is 121 Å². The Labute approximate surface area is 246 Å². The number of aliphatic hydroxyl groups excluding tert-OH is 4. The van der Waals surface area contributed by atoms with Gasteiger partial charge in [-0.1, -0.05) is 13.8 Å². The van der Waals surface area contributed by atoms with Crippen LogP contribution in [0.25, 0.3) is 0 Å². The van der Waals surface area contributed by atoms with Crippen molar-refractivity contribution < 1.29 is 54.1 Å². The lowest BCUT2D eigenvalue weighted by atomic mass is 9.43. The molecule has 0 radical (unpaired) electrons. The van der Waals surface area contributed by atoms with Gasteiger partial charge in [-0.05, 0) is 73.7 Å². The van der Waals surface area contributed by atoms with Crippen LogP contribution in [0.3, 0.4) is 0 Å². The Balaban J connectivity index is 1.20. The Bertz CT molecular complexity index is 1110. The molecule has 0 amide bonds. The van der Waals surface area contributed by atoms with E-state index in [4.69, 9.17) is 18.9 Å². The normalized spacial score (nSPS) is 52.0. The minimum absolute atomic E-state index is 0.0158. The maximum atomic E-state index is 12.7. The minimum atomic E-state index is -1.47. The molecule has 0 aromatic heterocycles. The van der Waals surface area contributed by atoms with Gasteiger partial charge in [-0.2, -0.15) is 0 Å². The molecule has 2 heterocycles. The maximum Gasteiger partial charge on any atom is 0.331 e. The van der Waals surface area contributed by atoms with E-state index in [1.54, 1.807) is 0 Å². The lowest BCUT2D eigenvalue weighted by Crippen LogP contribution is -2.63. The van der Waals surface area contributed by atoms with Crippen LogP contribution in [0.15, 0.2) is 11.6 Å². The summed E-state index contributed by atoms with van der Waals surface area (Å²) < 4.78 is 22.8. The van der Waals surface area contributed by atoms with Crippen molar-refractivity contribution in [3.8, 4) is 0 Å². The molecule has 4 aliphatic carbocycles. The molecule has 6 aliphatic rings. The molecule has 6 rings (SSSR count). The van der Waals surface area contributed by atoms with Gasteiger partial charge in [0.1, 0.15) is 37.1 Å². The number of ether oxygens (including phenoxy) is 4. The predicted molar refractivity (Wildman–Crippen MR) is 145 cm³/mol. The fourth-order valence-corrected chi connectivity index (χ4v) is 10.2. The van der Waals surface area contributed by atoms with Crippen molar-refractivity contribution in [3.05, 3.63) is 11.6 Å². The van der Waals surface area contributed by atoms with Gasteiger partial charge in [0.05, 0.1) is 18.3 Å². The number of esters is 2. The summed E-state index contributed by atoms with van der Waals surface area (Å²) in [6.07, 6.45) is 0.323. The summed E-state index contributed by atoms with van der Waals surface area (Å²) in [5.41, 5.74) is -0.879. The van der Waals surface area contributed by atoms with E-state index in [9.17, 15) is 35.1 Å². The third kappa shape index (κ3) is 4.57. The molecule has 236 valence electrons. The molecular weight excluding hydrogens is 548 g/mol. The summed E-state index contributed by atoms with van der Waals surface area (Å²) in [5.74, 6) is -0.481. The van der Waals surface area contributed by atoms with Crippen molar-refractivity contribution in [2.24, 2.45) is 34.5 Å². The van der Waals surface area contributed by atoms with E-state index >= 15 is 0 Å². The molecule has 0 aromatic rings. The standard InChI is InChI=1S/C31H46O11/c1-15(33)40-21-12-31(38)20-5-4-17-11-18(41-28-27(37)26(36)25(35)22(13-32)42-28)6-8-29(17,2)19(20)7-9-30(31,3)24(21)16-10-23(34)39-14-16/h10,17-22,24-28,32,35-38H,4-9,11-14H2,1-3H3. The summed E-state index contributed by atoms with van der Waals surface area (Å²) in [4.78, 5) is 24.1. The zero-order valence-electron chi connectivity index (χ0n) is 24.7. The number of hydrogen-bond acceptors (Lipinski definition) is 11. The second kappa shape index (κ2) is 10.8. The first kappa shape index (κ1) is 30.4. The molecule has 4 saturated carbocycles. The molecule has 14 unspecified atom stereocenters. The van der Waals surface area contributed by atoms with Crippen LogP contribution < -0.4 is 0 Å². The number of carbonyl (C=O) groups excluding carboxylic acids is 2. The van der Waals surface area contributed by atoms with Gasteiger partial charge in [0, 0.05) is 30.8 Å². The second-order valence-electron chi connectivity index (χ2n) is 14.3. The molecule has 11 heteroatoms. The third-order valence-corrected chi connectivity index (χ3v) is 12.4. The highest BCUT2D eigenvalue weighted by molar-refractivity contribution is 5.85. The van der Waals surface area contributed by atoms with Gasteiger partial charge in [0.2, 0.25) is 0 Å². The van der Waals surface area contributed by atoms with Crippen molar-refractivity contribution in [3.63, 3.8) is 0 Å². The van der Waals surface area contributed by atoms with Crippen molar-refractivity contribution in [1.29, 1.82) is 0 Å². The number of cyclic esters (lactones) is 1. The highest BCUT2D eigenvalue weighted by Crippen LogP contribution is 2.70. The van der Waals surface area contributed by atoms with E-state index in [2.05, 4.69) is 13.8 Å². The highest BCUT2D eigenvalue weighted by Gasteiger charge is 2.71. The van der Waals surface area contributed by atoms with Crippen LogP contribution in [0.4, 0.5) is 0 Å². The SMILES string of the molecule is CC(=O)OC1CC2(O)C3CCC4CC(OC5OC(CO)C(O)C(O)C5O)CCC4(C)C3CCC2(C)C1C1=CC(=O)OC1. The number of rotatable bonds is 5. The molecular formula is C31H46O11.